The first-order valence-corrected chi connectivity index (χ1v) is 5.08. The van der Waals surface area contributed by atoms with Crippen molar-refractivity contribution in [3.05, 3.63) is 0 Å². The van der Waals surface area contributed by atoms with Crippen LogP contribution in [0.25, 0.3) is 0 Å². The third-order valence-corrected chi connectivity index (χ3v) is 1.86. The topological polar surface area (TPSA) is 12.5 Å². The summed E-state index contributed by atoms with van der Waals surface area (Å²) < 4.78 is 5.15. The molecular formula is C6H15NOS2. The van der Waals surface area contributed by atoms with Gasteiger partial charge in [0, 0.05) is 6.54 Å². The van der Waals surface area contributed by atoms with Crippen molar-refractivity contribution < 1.29 is 4.18 Å². The summed E-state index contributed by atoms with van der Waals surface area (Å²) in [6.45, 7) is 3.11. The Hall–Kier alpha value is 0.620. The van der Waals surface area contributed by atoms with Gasteiger partial charge in [0.25, 0.3) is 0 Å². The van der Waals surface area contributed by atoms with Crippen LogP contribution in [0, 0.1) is 0 Å². The Morgan fingerprint density at radius 1 is 1.60 bits per heavy atom. The number of hydrogen-bond acceptors (Lipinski definition) is 4. The molecule has 0 aliphatic carbocycles. The van der Waals surface area contributed by atoms with Gasteiger partial charge in [-0.3, -0.25) is 0 Å². The summed E-state index contributed by atoms with van der Waals surface area (Å²) in [4.78, 5) is 2.14. The van der Waals surface area contributed by atoms with E-state index in [1.54, 1.807) is 0 Å². The van der Waals surface area contributed by atoms with Crippen molar-refractivity contribution in [3.63, 3.8) is 0 Å². The minimum absolute atomic E-state index is 0.296. The van der Waals surface area contributed by atoms with Crippen LogP contribution in [-0.2, 0) is 4.18 Å². The SMILES string of the molecule is CC(CCN(C)C)OSS. The largest absolute Gasteiger partial charge is 0.309 e. The lowest BCUT2D eigenvalue weighted by Gasteiger charge is -2.13. The maximum Gasteiger partial charge on any atom is 0.0716 e. The molecule has 0 aliphatic heterocycles. The van der Waals surface area contributed by atoms with Gasteiger partial charge < -0.3 is 9.08 Å². The van der Waals surface area contributed by atoms with Gasteiger partial charge in [-0.2, -0.15) is 0 Å². The van der Waals surface area contributed by atoms with E-state index >= 15 is 0 Å². The van der Waals surface area contributed by atoms with Crippen LogP contribution in [-0.4, -0.2) is 31.6 Å². The summed E-state index contributed by atoms with van der Waals surface area (Å²) >= 11 is 5.02. The van der Waals surface area contributed by atoms with E-state index in [-0.39, 0.29) is 0 Å². The molecule has 4 heteroatoms. The molecular weight excluding hydrogens is 166 g/mol. The van der Waals surface area contributed by atoms with Gasteiger partial charge in [0.15, 0.2) is 0 Å². The summed E-state index contributed by atoms with van der Waals surface area (Å²) in [5.41, 5.74) is 0. The number of thiol groups is 1. The van der Waals surface area contributed by atoms with Gasteiger partial charge in [0.1, 0.15) is 0 Å². The fourth-order valence-corrected chi connectivity index (χ4v) is 1.25. The first-order valence-electron chi connectivity index (χ1n) is 3.28. The van der Waals surface area contributed by atoms with Gasteiger partial charge in [0.2, 0.25) is 0 Å². The van der Waals surface area contributed by atoms with Crippen LogP contribution < -0.4 is 0 Å². The van der Waals surface area contributed by atoms with E-state index in [1.807, 2.05) is 6.92 Å². The van der Waals surface area contributed by atoms with Gasteiger partial charge in [-0.15, -0.1) is 0 Å². The summed E-state index contributed by atoms with van der Waals surface area (Å²) in [6.07, 6.45) is 1.35. The quantitative estimate of drug-likeness (QED) is 0.395. The van der Waals surface area contributed by atoms with Crippen LogP contribution in [0.4, 0.5) is 0 Å². The molecule has 0 aromatic heterocycles. The predicted octanol–water partition coefficient (Wildman–Crippen LogP) is 1.84. The smallest absolute Gasteiger partial charge is 0.0716 e. The zero-order valence-electron chi connectivity index (χ0n) is 6.70. The maximum atomic E-state index is 5.15. The third-order valence-electron chi connectivity index (χ3n) is 1.19. The summed E-state index contributed by atoms with van der Waals surface area (Å²) in [5, 5.41) is 0. The van der Waals surface area contributed by atoms with E-state index in [0.29, 0.717) is 6.10 Å². The van der Waals surface area contributed by atoms with Crippen molar-refractivity contribution in [2.45, 2.75) is 19.4 Å². The molecule has 0 rings (SSSR count). The second-order valence-electron chi connectivity index (χ2n) is 2.57. The van der Waals surface area contributed by atoms with Gasteiger partial charge >= 0.3 is 0 Å². The highest BCUT2D eigenvalue weighted by Crippen LogP contribution is 2.12. The Labute approximate surface area is 72.3 Å². The molecule has 0 fully saturated rings. The molecule has 0 heterocycles. The molecule has 10 heavy (non-hydrogen) atoms. The zero-order valence-corrected chi connectivity index (χ0v) is 8.41. The lowest BCUT2D eigenvalue weighted by Crippen LogP contribution is -2.18. The van der Waals surface area contributed by atoms with E-state index in [9.17, 15) is 0 Å². The highest BCUT2D eigenvalue weighted by Gasteiger charge is 2.01. The highest BCUT2D eigenvalue weighted by atomic mass is 33.1. The predicted molar refractivity (Wildman–Crippen MR) is 50.3 cm³/mol. The van der Waals surface area contributed by atoms with Gasteiger partial charge in [-0.05, 0) is 27.4 Å². The first-order chi connectivity index (χ1) is 4.66. The van der Waals surface area contributed by atoms with Gasteiger partial charge in [-0.1, -0.05) is 11.7 Å². The third kappa shape index (κ3) is 6.74. The molecule has 62 valence electrons. The van der Waals surface area contributed by atoms with Gasteiger partial charge in [0.05, 0.1) is 17.2 Å². The van der Waals surface area contributed by atoms with Crippen LogP contribution in [0.15, 0.2) is 0 Å². The van der Waals surface area contributed by atoms with Crippen LogP contribution in [0.5, 0.6) is 0 Å². The molecule has 0 aromatic carbocycles. The Balaban J connectivity index is 3.12. The van der Waals surface area contributed by atoms with Crippen LogP contribution in [0.3, 0.4) is 0 Å². The average Bonchev–Trinajstić information content (AvgIpc) is 1.85. The summed E-state index contributed by atoms with van der Waals surface area (Å²) in [6, 6.07) is 0. The van der Waals surface area contributed by atoms with Crippen molar-refractivity contribution in [2.75, 3.05) is 20.6 Å². The maximum absolute atomic E-state index is 5.15. The Morgan fingerprint density at radius 3 is 2.60 bits per heavy atom. The lowest BCUT2D eigenvalue weighted by atomic mass is 10.3. The molecule has 0 N–H and O–H groups in total. The highest BCUT2D eigenvalue weighted by molar-refractivity contribution is 8.66. The second-order valence-corrected chi connectivity index (χ2v) is 3.36. The molecule has 0 bridgehead atoms. The van der Waals surface area contributed by atoms with E-state index in [2.05, 4.69) is 30.7 Å². The molecule has 0 saturated carbocycles. The fourth-order valence-electron chi connectivity index (χ4n) is 0.562. The minimum atomic E-state index is 0.296. The summed E-state index contributed by atoms with van der Waals surface area (Å²) in [7, 11) is 4.11. The molecule has 1 atom stereocenters. The molecule has 0 radical (unpaired) electrons. The van der Waals surface area contributed by atoms with E-state index in [1.165, 1.54) is 0 Å². The van der Waals surface area contributed by atoms with Crippen LogP contribution in [0.1, 0.15) is 13.3 Å². The molecule has 2 nitrogen and oxygen atoms in total. The van der Waals surface area contributed by atoms with Crippen molar-refractivity contribution in [3.8, 4) is 0 Å². The zero-order chi connectivity index (χ0) is 7.98. The molecule has 0 spiro atoms. The normalized spacial score (nSPS) is 14.1. The van der Waals surface area contributed by atoms with Crippen molar-refractivity contribution in [2.24, 2.45) is 0 Å². The lowest BCUT2D eigenvalue weighted by molar-refractivity contribution is 0.231. The molecule has 0 aromatic rings. The first kappa shape index (κ1) is 10.6. The number of rotatable bonds is 5. The standard InChI is InChI=1S/C6H15NOS2/c1-6(8-10-9)4-5-7(2)3/h6,9H,4-5H2,1-3H3. The monoisotopic (exact) mass is 181 g/mol. The van der Waals surface area contributed by atoms with Crippen molar-refractivity contribution in [1.29, 1.82) is 0 Å². The minimum Gasteiger partial charge on any atom is -0.309 e. The molecule has 0 aliphatic rings. The second kappa shape index (κ2) is 6.34. The van der Waals surface area contributed by atoms with Crippen molar-refractivity contribution >= 4 is 22.7 Å². The van der Waals surface area contributed by atoms with E-state index in [4.69, 9.17) is 4.18 Å². The fraction of sp³-hybridized carbons (Fsp3) is 1.00. The number of hydrogen-bond donors (Lipinski definition) is 1. The van der Waals surface area contributed by atoms with E-state index < -0.39 is 0 Å². The Kier molecular flexibility index (Phi) is 6.73. The summed E-state index contributed by atoms with van der Waals surface area (Å²) in [5.74, 6) is 0. The molecule has 0 amide bonds. The van der Waals surface area contributed by atoms with E-state index in [0.717, 1.165) is 24.0 Å². The Morgan fingerprint density at radius 2 is 2.20 bits per heavy atom. The average molecular weight is 181 g/mol. The van der Waals surface area contributed by atoms with Gasteiger partial charge in [-0.25, -0.2) is 0 Å². The van der Waals surface area contributed by atoms with Crippen LogP contribution in [0.2, 0.25) is 0 Å². The Bertz CT molecular complexity index is 80.1. The molecule has 1 unspecified atom stereocenters. The number of nitrogens with zero attached hydrogens (tertiary/aromatic N) is 1. The van der Waals surface area contributed by atoms with Crippen molar-refractivity contribution in [1.82, 2.24) is 4.90 Å². The van der Waals surface area contributed by atoms with Crippen LogP contribution >= 0.6 is 22.7 Å². The molecule has 0 saturated heterocycles.